The van der Waals surface area contributed by atoms with Crippen LogP contribution in [0.3, 0.4) is 0 Å². The largest absolute Gasteiger partial charge is 0.367 e. The highest BCUT2D eigenvalue weighted by atomic mass is 16.3. The van der Waals surface area contributed by atoms with E-state index in [1.807, 2.05) is 58.0 Å². The van der Waals surface area contributed by atoms with Crippen molar-refractivity contribution in [2.75, 3.05) is 0 Å². The van der Waals surface area contributed by atoms with Crippen LogP contribution in [0.1, 0.15) is 33.3 Å². The van der Waals surface area contributed by atoms with Gasteiger partial charge in [-0.2, -0.15) is 5.11 Å². The van der Waals surface area contributed by atoms with Gasteiger partial charge in [0.25, 0.3) is 0 Å². The Morgan fingerprint density at radius 1 is 1.22 bits per heavy atom. The van der Waals surface area contributed by atoms with E-state index in [1.165, 1.54) is 0 Å². The van der Waals surface area contributed by atoms with Crippen LogP contribution in [0.4, 0.5) is 0 Å². The summed E-state index contributed by atoms with van der Waals surface area (Å²) in [5, 5.41) is 21.0. The van der Waals surface area contributed by atoms with Crippen molar-refractivity contribution in [2.45, 2.75) is 45.5 Å². The van der Waals surface area contributed by atoms with Crippen molar-refractivity contribution in [1.29, 1.82) is 0 Å². The molecule has 0 spiro atoms. The topological polar surface area (TPSA) is 48.2 Å². The van der Waals surface area contributed by atoms with Crippen LogP contribution in [-0.2, 0) is 6.54 Å². The zero-order valence-corrected chi connectivity index (χ0v) is 11.5. The van der Waals surface area contributed by atoms with E-state index in [0.29, 0.717) is 6.54 Å². The molecule has 1 atom stereocenters. The van der Waals surface area contributed by atoms with Crippen molar-refractivity contribution in [3.8, 4) is 0 Å². The van der Waals surface area contributed by atoms with Crippen LogP contribution in [0.15, 0.2) is 40.7 Å². The lowest BCUT2D eigenvalue weighted by atomic mass is 9.82. The Bertz CT molecular complexity index is 442. The highest BCUT2D eigenvalue weighted by Gasteiger charge is 2.55. The van der Waals surface area contributed by atoms with Gasteiger partial charge in [-0.25, -0.2) is 5.01 Å². The summed E-state index contributed by atoms with van der Waals surface area (Å²) in [4.78, 5) is 0. The van der Waals surface area contributed by atoms with Gasteiger partial charge in [-0.1, -0.05) is 49.4 Å². The number of nitrogens with zero attached hydrogens (tertiary/aromatic N) is 3. The number of rotatable bonds is 3. The molecule has 1 N–H and O–H groups in total. The monoisotopic (exact) mass is 247 g/mol. The molecule has 0 aromatic heterocycles. The van der Waals surface area contributed by atoms with E-state index in [0.717, 1.165) is 5.56 Å². The van der Waals surface area contributed by atoms with Gasteiger partial charge in [-0.05, 0) is 19.4 Å². The van der Waals surface area contributed by atoms with Crippen LogP contribution in [0.2, 0.25) is 0 Å². The highest BCUT2D eigenvalue weighted by Crippen LogP contribution is 2.42. The average molecular weight is 247 g/mol. The lowest BCUT2D eigenvalue weighted by Gasteiger charge is -2.42. The number of hydrogen-bond acceptors (Lipinski definition) is 4. The Morgan fingerprint density at radius 2 is 1.83 bits per heavy atom. The molecule has 1 aliphatic rings. The second-order valence-corrected chi connectivity index (χ2v) is 5.67. The maximum atomic E-state index is 11.0. The first kappa shape index (κ1) is 13.0. The standard InChI is InChI=1S/C14H21N3O/c1-11(2)14(18)13(3,4)15-16-17(14)10-12-8-6-5-7-9-12/h5-9,11,18H,10H2,1-4H3/t14-/m0/s1. The van der Waals surface area contributed by atoms with Gasteiger partial charge < -0.3 is 5.11 Å². The second-order valence-electron chi connectivity index (χ2n) is 5.67. The van der Waals surface area contributed by atoms with E-state index >= 15 is 0 Å². The van der Waals surface area contributed by atoms with Crippen LogP contribution < -0.4 is 0 Å². The lowest BCUT2D eigenvalue weighted by Crippen LogP contribution is -2.58. The van der Waals surface area contributed by atoms with Crippen LogP contribution in [0.25, 0.3) is 0 Å². The molecule has 0 fully saturated rings. The molecule has 1 heterocycles. The number of hydrogen-bond donors (Lipinski definition) is 1. The molecule has 98 valence electrons. The SMILES string of the molecule is CC(C)[C@@]1(O)N(Cc2ccccc2)N=NC1(C)C. The summed E-state index contributed by atoms with van der Waals surface area (Å²) in [6.45, 7) is 8.40. The van der Waals surface area contributed by atoms with Gasteiger partial charge in [-0.15, -0.1) is 0 Å². The molecule has 0 amide bonds. The summed E-state index contributed by atoms with van der Waals surface area (Å²) in [5.74, 6) is 0.0474. The lowest BCUT2D eigenvalue weighted by molar-refractivity contribution is -0.161. The molecule has 0 saturated carbocycles. The quantitative estimate of drug-likeness (QED) is 0.892. The van der Waals surface area contributed by atoms with Gasteiger partial charge in [0.1, 0.15) is 5.54 Å². The minimum absolute atomic E-state index is 0.0474. The van der Waals surface area contributed by atoms with Crippen LogP contribution in [-0.4, -0.2) is 21.4 Å². The van der Waals surface area contributed by atoms with Crippen LogP contribution >= 0.6 is 0 Å². The summed E-state index contributed by atoms with van der Waals surface area (Å²) in [7, 11) is 0. The maximum Gasteiger partial charge on any atom is 0.184 e. The van der Waals surface area contributed by atoms with Gasteiger partial charge in [0.2, 0.25) is 0 Å². The summed E-state index contributed by atoms with van der Waals surface area (Å²) in [6, 6.07) is 10.0. The molecule has 4 heteroatoms. The smallest absolute Gasteiger partial charge is 0.184 e. The van der Waals surface area contributed by atoms with E-state index in [2.05, 4.69) is 10.3 Å². The molecule has 0 bridgehead atoms. The average Bonchev–Trinajstić information content (AvgIpc) is 2.55. The van der Waals surface area contributed by atoms with Gasteiger partial charge in [0.15, 0.2) is 5.72 Å². The van der Waals surface area contributed by atoms with Gasteiger partial charge >= 0.3 is 0 Å². The fourth-order valence-corrected chi connectivity index (χ4v) is 2.54. The fourth-order valence-electron chi connectivity index (χ4n) is 2.54. The molecule has 2 rings (SSSR count). The molecule has 0 radical (unpaired) electrons. The summed E-state index contributed by atoms with van der Waals surface area (Å²) in [6.07, 6.45) is 0. The number of benzene rings is 1. The summed E-state index contributed by atoms with van der Waals surface area (Å²) < 4.78 is 0. The van der Waals surface area contributed by atoms with Crippen molar-refractivity contribution in [3.63, 3.8) is 0 Å². The first-order chi connectivity index (χ1) is 8.38. The predicted molar refractivity (Wildman–Crippen MR) is 70.7 cm³/mol. The van der Waals surface area contributed by atoms with Crippen LogP contribution in [0, 0.1) is 5.92 Å². The van der Waals surface area contributed by atoms with Crippen molar-refractivity contribution in [2.24, 2.45) is 16.3 Å². The van der Waals surface area contributed by atoms with E-state index in [-0.39, 0.29) is 5.92 Å². The third-order valence-corrected chi connectivity index (χ3v) is 3.68. The van der Waals surface area contributed by atoms with Crippen molar-refractivity contribution >= 4 is 0 Å². The first-order valence-corrected chi connectivity index (χ1v) is 6.34. The third kappa shape index (κ3) is 1.90. The molecule has 18 heavy (non-hydrogen) atoms. The fraction of sp³-hybridized carbons (Fsp3) is 0.571. The summed E-state index contributed by atoms with van der Waals surface area (Å²) >= 11 is 0. The Morgan fingerprint density at radius 3 is 2.39 bits per heavy atom. The minimum atomic E-state index is -1.04. The summed E-state index contributed by atoms with van der Waals surface area (Å²) in [5.41, 5.74) is -0.507. The molecular weight excluding hydrogens is 226 g/mol. The first-order valence-electron chi connectivity index (χ1n) is 6.34. The molecule has 1 aliphatic heterocycles. The molecular formula is C14H21N3O. The Kier molecular flexibility index (Phi) is 3.15. The third-order valence-electron chi connectivity index (χ3n) is 3.68. The Labute approximate surface area is 108 Å². The van der Waals surface area contributed by atoms with E-state index in [4.69, 9.17) is 0 Å². The molecule has 4 nitrogen and oxygen atoms in total. The number of aliphatic hydroxyl groups is 1. The second kappa shape index (κ2) is 4.35. The maximum absolute atomic E-state index is 11.0. The van der Waals surface area contributed by atoms with Crippen molar-refractivity contribution < 1.29 is 5.11 Å². The molecule has 0 unspecified atom stereocenters. The Balaban J connectivity index is 2.26. The Hall–Kier alpha value is -1.42. The van der Waals surface area contributed by atoms with Crippen molar-refractivity contribution in [3.05, 3.63) is 35.9 Å². The van der Waals surface area contributed by atoms with Crippen molar-refractivity contribution in [1.82, 2.24) is 5.01 Å². The van der Waals surface area contributed by atoms with Gasteiger partial charge in [-0.3, -0.25) is 0 Å². The van der Waals surface area contributed by atoms with Crippen LogP contribution in [0.5, 0.6) is 0 Å². The highest BCUT2D eigenvalue weighted by molar-refractivity contribution is 5.16. The molecule has 0 aliphatic carbocycles. The normalized spacial score (nSPS) is 26.0. The minimum Gasteiger partial charge on any atom is -0.367 e. The zero-order valence-electron chi connectivity index (χ0n) is 11.5. The molecule has 1 aromatic rings. The zero-order chi connectivity index (χ0) is 13.4. The van der Waals surface area contributed by atoms with Gasteiger partial charge in [0.05, 0.1) is 6.54 Å². The van der Waals surface area contributed by atoms with E-state index in [9.17, 15) is 5.11 Å². The molecule has 1 aromatic carbocycles. The van der Waals surface area contributed by atoms with Gasteiger partial charge in [0, 0.05) is 5.92 Å². The van der Waals surface area contributed by atoms with E-state index < -0.39 is 11.3 Å². The van der Waals surface area contributed by atoms with E-state index in [1.54, 1.807) is 5.01 Å². The predicted octanol–water partition coefficient (Wildman–Crippen LogP) is 2.99. The molecule has 0 saturated heterocycles.